The first kappa shape index (κ1) is 18.3. The number of rotatable bonds is 7. The minimum atomic E-state index is -0.611. The Morgan fingerprint density at radius 1 is 1.37 bits per heavy atom. The summed E-state index contributed by atoms with van der Waals surface area (Å²) in [4.78, 5) is 39.8. The van der Waals surface area contributed by atoms with Gasteiger partial charge in [-0.3, -0.25) is 9.59 Å². The molecule has 0 atom stereocenters. The summed E-state index contributed by atoms with van der Waals surface area (Å²) in [6.07, 6.45) is 3.64. The van der Waals surface area contributed by atoms with Crippen LogP contribution >= 0.6 is 0 Å². The van der Waals surface area contributed by atoms with Crippen LogP contribution in [0.3, 0.4) is 0 Å². The Balaban J connectivity index is 1.61. The molecule has 11 heteroatoms. The molecular formula is C16H18N6O5. The van der Waals surface area contributed by atoms with Crippen LogP contribution in [0, 0.1) is 6.92 Å². The van der Waals surface area contributed by atoms with E-state index in [0.29, 0.717) is 24.7 Å². The van der Waals surface area contributed by atoms with E-state index in [1.165, 1.54) is 13.3 Å². The fourth-order valence-electron chi connectivity index (χ4n) is 2.55. The van der Waals surface area contributed by atoms with Gasteiger partial charge in [-0.2, -0.15) is 10.1 Å². The third kappa shape index (κ3) is 4.19. The van der Waals surface area contributed by atoms with Gasteiger partial charge in [0.15, 0.2) is 5.82 Å². The summed E-state index contributed by atoms with van der Waals surface area (Å²) >= 11 is 0. The number of aromatic amines is 1. The summed E-state index contributed by atoms with van der Waals surface area (Å²) in [6, 6.07) is 0. The van der Waals surface area contributed by atoms with Crippen LogP contribution in [-0.2, 0) is 22.5 Å². The van der Waals surface area contributed by atoms with E-state index in [-0.39, 0.29) is 35.7 Å². The molecule has 11 nitrogen and oxygen atoms in total. The highest BCUT2D eigenvalue weighted by molar-refractivity contribution is 5.95. The standard InChI is InChI=1S/C16H18N6O5/c1-9-18-13(27-21-9)3-5-17-12(23)4-6-22-7-10-14(19-20-15(10)24)11(8-22)16(25)26-2/h7-8H,3-6H2,1-2H3,(H,17,23)(H,20,24). The summed E-state index contributed by atoms with van der Waals surface area (Å²) < 4.78 is 11.3. The Hall–Kier alpha value is -3.50. The number of methoxy groups -OCH3 is 1. The van der Waals surface area contributed by atoms with Crippen LogP contribution in [0.15, 0.2) is 21.7 Å². The Bertz CT molecular complexity index is 987. The lowest BCUT2D eigenvalue weighted by molar-refractivity contribution is -0.121. The fraction of sp³-hybridized carbons (Fsp3) is 0.375. The van der Waals surface area contributed by atoms with Crippen LogP contribution in [-0.4, -0.2) is 50.4 Å². The lowest BCUT2D eigenvalue weighted by atomic mass is 10.1. The third-order valence-electron chi connectivity index (χ3n) is 3.85. The molecule has 2 aliphatic rings. The number of carbonyl (C=O) groups is 2. The van der Waals surface area contributed by atoms with E-state index in [1.807, 2.05) is 0 Å². The van der Waals surface area contributed by atoms with Crippen LogP contribution in [0.25, 0.3) is 11.3 Å². The van der Waals surface area contributed by atoms with Crippen molar-refractivity contribution in [3.8, 4) is 11.3 Å². The number of fused-ring (bicyclic) bond motifs is 1. The van der Waals surface area contributed by atoms with Gasteiger partial charge in [0.1, 0.15) is 11.3 Å². The van der Waals surface area contributed by atoms with Crippen molar-refractivity contribution in [3.63, 3.8) is 0 Å². The van der Waals surface area contributed by atoms with Crippen molar-refractivity contribution in [2.45, 2.75) is 26.3 Å². The molecule has 0 radical (unpaired) electrons. The molecule has 3 rings (SSSR count). The summed E-state index contributed by atoms with van der Waals surface area (Å²) in [6.45, 7) is 2.36. The van der Waals surface area contributed by atoms with E-state index < -0.39 is 11.5 Å². The number of aromatic nitrogens is 5. The fourth-order valence-corrected chi connectivity index (χ4v) is 2.55. The Morgan fingerprint density at radius 3 is 2.89 bits per heavy atom. The topological polar surface area (TPSA) is 145 Å². The molecule has 0 bridgehead atoms. The molecular weight excluding hydrogens is 356 g/mol. The van der Waals surface area contributed by atoms with E-state index in [1.54, 1.807) is 17.7 Å². The maximum absolute atomic E-state index is 12.0. The van der Waals surface area contributed by atoms with Crippen molar-refractivity contribution in [1.82, 2.24) is 30.2 Å². The molecule has 3 heterocycles. The van der Waals surface area contributed by atoms with Gasteiger partial charge in [0.05, 0.1) is 12.7 Å². The molecule has 1 aromatic heterocycles. The average Bonchev–Trinajstić information content (AvgIpc) is 3.24. The number of H-pyrrole nitrogens is 1. The van der Waals surface area contributed by atoms with Crippen molar-refractivity contribution in [3.05, 3.63) is 40.0 Å². The molecule has 1 aromatic rings. The number of ether oxygens (including phenoxy) is 1. The lowest BCUT2D eigenvalue weighted by Gasteiger charge is -2.11. The highest BCUT2D eigenvalue weighted by Gasteiger charge is 2.21. The molecule has 0 unspecified atom stereocenters. The number of pyridine rings is 1. The maximum atomic E-state index is 12.0. The normalized spacial score (nSPS) is 10.9. The van der Waals surface area contributed by atoms with Crippen molar-refractivity contribution in [2.24, 2.45) is 0 Å². The third-order valence-corrected chi connectivity index (χ3v) is 3.85. The van der Waals surface area contributed by atoms with Gasteiger partial charge in [-0.15, -0.1) is 0 Å². The van der Waals surface area contributed by atoms with Crippen LogP contribution in [0.5, 0.6) is 0 Å². The van der Waals surface area contributed by atoms with E-state index >= 15 is 0 Å². The summed E-state index contributed by atoms with van der Waals surface area (Å²) in [5, 5.41) is 12.6. The smallest absolute Gasteiger partial charge is 0.341 e. The van der Waals surface area contributed by atoms with Crippen LogP contribution < -0.4 is 10.9 Å². The Labute approximate surface area is 153 Å². The molecule has 2 N–H and O–H groups in total. The van der Waals surface area contributed by atoms with Gasteiger partial charge in [-0.05, 0) is 6.92 Å². The molecule has 2 aliphatic heterocycles. The number of nitrogens with one attached hydrogen (secondary N) is 2. The SMILES string of the molecule is COC(=O)c1cn(CCC(=O)NCCc2nc(C)no2)cc2c(=O)[nH]nc1-2. The van der Waals surface area contributed by atoms with E-state index in [2.05, 4.69) is 25.7 Å². The molecule has 0 spiro atoms. The first-order valence-electron chi connectivity index (χ1n) is 8.20. The molecule has 27 heavy (non-hydrogen) atoms. The number of esters is 1. The van der Waals surface area contributed by atoms with Crippen molar-refractivity contribution in [2.75, 3.05) is 13.7 Å². The summed E-state index contributed by atoms with van der Waals surface area (Å²) in [5.41, 5.74) is 0.233. The second-order valence-electron chi connectivity index (χ2n) is 5.80. The number of amides is 1. The van der Waals surface area contributed by atoms with Gasteiger partial charge in [0.25, 0.3) is 5.56 Å². The molecule has 0 aromatic carbocycles. The summed E-state index contributed by atoms with van der Waals surface area (Å²) in [5.74, 6) is 0.202. The lowest BCUT2D eigenvalue weighted by Crippen LogP contribution is -2.26. The number of carbonyl (C=O) groups excluding carboxylic acids is 2. The number of hydrogen-bond acceptors (Lipinski definition) is 8. The van der Waals surface area contributed by atoms with Crippen molar-refractivity contribution >= 4 is 11.9 Å². The minimum Gasteiger partial charge on any atom is -0.465 e. The van der Waals surface area contributed by atoms with Crippen LogP contribution in [0.2, 0.25) is 0 Å². The monoisotopic (exact) mass is 374 g/mol. The van der Waals surface area contributed by atoms with Gasteiger partial charge in [-0.25, -0.2) is 9.89 Å². The second-order valence-corrected chi connectivity index (χ2v) is 5.80. The van der Waals surface area contributed by atoms with Gasteiger partial charge < -0.3 is 19.1 Å². The highest BCUT2D eigenvalue weighted by Crippen LogP contribution is 2.20. The first-order valence-corrected chi connectivity index (χ1v) is 8.20. The van der Waals surface area contributed by atoms with E-state index in [0.717, 1.165) is 0 Å². The highest BCUT2D eigenvalue weighted by atomic mass is 16.5. The number of aryl methyl sites for hydroxylation is 2. The molecule has 1 amide bonds. The van der Waals surface area contributed by atoms with E-state index in [9.17, 15) is 14.4 Å². The second kappa shape index (κ2) is 7.81. The molecule has 0 fully saturated rings. The zero-order valence-corrected chi connectivity index (χ0v) is 14.8. The van der Waals surface area contributed by atoms with Crippen molar-refractivity contribution < 1.29 is 18.8 Å². The van der Waals surface area contributed by atoms with Gasteiger partial charge >= 0.3 is 5.97 Å². The largest absolute Gasteiger partial charge is 0.465 e. The molecule has 0 saturated carbocycles. The molecule has 0 aliphatic carbocycles. The number of hydrogen-bond donors (Lipinski definition) is 2. The van der Waals surface area contributed by atoms with Crippen LogP contribution in [0.1, 0.15) is 28.5 Å². The van der Waals surface area contributed by atoms with Crippen molar-refractivity contribution in [1.29, 1.82) is 0 Å². The predicted octanol–water partition coefficient (Wildman–Crippen LogP) is -0.0968. The minimum absolute atomic E-state index is 0.153. The van der Waals surface area contributed by atoms with Gasteiger partial charge in [0, 0.05) is 38.3 Å². The maximum Gasteiger partial charge on any atom is 0.341 e. The zero-order valence-electron chi connectivity index (χ0n) is 14.8. The predicted molar refractivity (Wildman–Crippen MR) is 91.2 cm³/mol. The Morgan fingerprint density at radius 2 is 2.19 bits per heavy atom. The number of nitrogens with zero attached hydrogens (tertiary/aromatic N) is 4. The quantitative estimate of drug-likeness (QED) is 0.546. The Kier molecular flexibility index (Phi) is 5.29. The molecule has 0 saturated heterocycles. The van der Waals surface area contributed by atoms with Gasteiger partial charge in [-0.1, -0.05) is 5.16 Å². The molecule has 142 valence electrons. The van der Waals surface area contributed by atoms with Crippen LogP contribution in [0.4, 0.5) is 0 Å². The zero-order chi connectivity index (χ0) is 19.4. The van der Waals surface area contributed by atoms with Gasteiger partial charge in [0.2, 0.25) is 11.8 Å². The first-order chi connectivity index (χ1) is 13.0. The summed E-state index contributed by atoms with van der Waals surface area (Å²) in [7, 11) is 1.24. The average molecular weight is 374 g/mol. The van der Waals surface area contributed by atoms with E-state index in [4.69, 9.17) is 9.26 Å².